The lowest BCUT2D eigenvalue weighted by atomic mass is 9.70. The Morgan fingerprint density at radius 2 is 1.71 bits per heavy atom. The molecule has 0 aromatic carbocycles. The van der Waals surface area contributed by atoms with Crippen molar-refractivity contribution in [3.05, 3.63) is 0 Å². The van der Waals surface area contributed by atoms with Crippen molar-refractivity contribution in [2.75, 3.05) is 26.2 Å². The second-order valence-corrected chi connectivity index (χ2v) is 8.64. The van der Waals surface area contributed by atoms with Gasteiger partial charge in [-0.2, -0.15) is 0 Å². The maximum absolute atomic E-state index is 3.67. The van der Waals surface area contributed by atoms with Crippen LogP contribution in [-0.4, -0.2) is 37.1 Å². The SMILES string of the molecule is CCCN(CC1CCC(C(C)(C)C)CC1)CC1CCCN1. The molecule has 21 heavy (non-hydrogen) atoms. The summed E-state index contributed by atoms with van der Waals surface area (Å²) in [7, 11) is 0. The van der Waals surface area contributed by atoms with Crippen molar-refractivity contribution in [2.24, 2.45) is 17.3 Å². The summed E-state index contributed by atoms with van der Waals surface area (Å²) < 4.78 is 0. The zero-order valence-corrected chi connectivity index (χ0v) is 15.0. The highest BCUT2D eigenvalue weighted by molar-refractivity contribution is 4.83. The van der Waals surface area contributed by atoms with Crippen LogP contribution in [0.4, 0.5) is 0 Å². The number of nitrogens with zero attached hydrogens (tertiary/aromatic N) is 1. The fourth-order valence-electron chi connectivity index (χ4n) is 4.37. The third-order valence-corrected chi connectivity index (χ3v) is 5.77. The molecule has 2 nitrogen and oxygen atoms in total. The lowest BCUT2D eigenvalue weighted by Crippen LogP contribution is -2.41. The molecule has 0 aromatic rings. The zero-order chi connectivity index (χ0) is 15.3. The van der Waals surface area contributed by atoms with Gasteiger partial charge in [0.2, 0.25) is 0 Å². The predicted molar refractivity (Wildman–Crippen MR) is 92.7 cm³/mol. The van der Waals surface area contributed by atoms with E-state index >= 15 is 0 Å². The summed E-state index contributed by atoms with van der Waals surface area (Å²) in [5.41, 5.74) is 0.516. The Morgan fingerprint density at radius 3 is 2.24 bits per heavy atom. The lowest BCUT2D eigenvalue weighted by molar-refractivity contribution is 0.121. The first-order valence-corrected chi connectivity index (χ1v) is 9.44. The Balaban J connectivity index is 1.76. The van der Waals surface area contributed by atoms with Gasteiger partial charge in [0.15, 0.2) is 0 Å². The summed E-state index contributed by atoms with van der Waals surface area (Å²) in [4.78, 5) is 2.76. The molecule has 2 rings (SSSR count). The van der Waals surface area contributed by atoms with Crippen molar-refractivity contribution in [1.29, 1.82) is 0 Å². The van der Waals surface area contributed by atoms with E-state index in [-0.39, 0.29) is 0 Å². The van der Waals surface area contributed by atoms with Crippen molar-refractivity contribution >= 4 is 0 Å². The van der Waals surface area contributed by atoms with Crippen LogP contribution in [0.1, 0.15) is 72.6 Å². The summed E-state index contributed by atoms with van der Waals surface area (Å²) in [6, 6.07) is 0.766. The highest BCUT2D eigenvalue weighted by Gasteiger charge is 2.30. The van der Waals surface area contributed by atoms with Crippen LogP contribution in [0.3, 0.4) is 0 Å². The molecule has 0 radical (unpaired) electrons. The molecule has 2 aliphatic rings. The third kappa shape index (κ3) is 5.56. The third-order valence-electron chi connectivity index (χ3n) is 5.77. The van der Waals surface area contributed by atoms with Crippen LogP contribution in [0.15, 0.2) is 0 Å². The van der Waals surface area contributed by atoms with Gasteiger partial charge >= 0.3 is 0 Å². The number of hydrogen-bond donors (Lipinski definition) is 1. The lowest BCUT2D eigenvalue weighted by Gasteiger charge is -2.38. The molecule has 1 unspecified atom stereocenters. The molecule has 1 aliphatic heterocycles. The molecule has 124 valence electrons. The van der Waals surface area contributed by atoms with E-state index in [4.69, 9.17) is 0 Å². The summed E-state index contributed by atoms with van der Waals surface area (Å²) in [6.07, 6.45) is 9.88. The van der Waals surface area contributed by atoms with Gasteiger partial charge in [-0.05, 0) is 75.3 Å². The minimum Gasteiger partial charge on any atom is -0.313 e. The van der Waals surface area contributed by atoms with E-state index < -0.39 is 0 Å². The zero-order valence-electron chi connectivity index (χ0n) is 15.0. The number of rotatable bonds is 6. The fourth-order valence-corrected chi connectivity index (χ4v) is 4.37. The molecule has 1 saturated heterocycles. The molecule has 0 aromatic heterocycles. The van der Waals surface area contributed by atoms with Gasteiger partial charge in [-0.25, -0.2) is 0 Å². The molecular formula is C19H38N2. The van der Waals surface area contributed by atoms with Gasteiger partial charge in [-0.3, -0.25) is 0 Å². The van der Waals surface area contributed by atoms with Crippen molar-refractivity contribution in [1.82, 2.24) is 10.2 Å². The normalized spacial score (nSPS) is 31.0. The number of nitrogens with one attached hydrogen (secondary N) is 1. The largest absolute Gasteiger partial charge is 0.313 e. The molecule has 1 heterocycles. The maximum atomic E-state index is 3.67. The summed E-state index contributed by atoms with van der Waals surface area (Å²) >= 11 is 0. The molecule has 1 aliphatic carbocycles. The Bertz CT molecular complexity index is 280. The van der Waals surface area contributed by atoms with E-state index in [0.717, 1.165) is 17.9 Å². The van der Waals surface area contributed by atoms with E-state index in [2.05, 4.69) is 37.9 Å². The van der Waals surface area contributed by atoms with Crippen LogP contribution in [0.2, 0.25) is 0 Å². The first kappa shape index (κ1) is 17.3. The van der Waals surface area contributed by atoms with Crippen molar-refractivity contribution in [2.45, 2.75) is 78.7 Å². The predicted octanol–water partition coefficient (Wildman–Crippen LogP) is 4.30. The molecule has 2 heteroatoms. The van der Waals surface area contributed by atoms with Crippen LogP contribution < -0.4 is 5.32 Å². The Kier molecular flexibility index (Phi) is 6.55. The number of hydrogen-bond acceptors (Lipinski definition) is 2. The quantitative estimate of drug-likeness (QED) is 0.785. The van der Waals surface area contributed by atoms with Crippen LogP contribution in [0.25, 0.3) is 0 Å². The molecule has 2 fully saturated rings. The smallest absolute Gasteiger partial charge is 0.0195 e. The van der Waals surface area contributed by atoms with Crippen LogP contribution in [-0.2, 0) is 0 Å². The average molecular weight is 295 g/mol. The van der Waals surface area contributed by atoms with Gasteiger partial charge in [0, 0.05) is 19.1 Å². The summed E-state index contributed by atoms with van der Waals surface area (Å²) in [5.74, 6) is 1.90. The topological polar surface area (TPSA) is 15.3 Å². The van der Waals surface area contributed by atoms with E-state index in [0.29, 0.717) is 5.41 Å². The van der Waals surface area contributed by atoms with Crippen molar-refractivity contribution < 1.29 is 0 Å². The summed E-state index contributed by atoms with van der Waals surface area (Å²) in [6.45, 7) is 14.8. The van der Waals surface area contributed by atoms with E-state index in [1.54, 1.807) is 0 Å². The van der Waals surface area contributed by atoms with Gasteiger partial charge in [-0.1, -0.05) is 27.7 Å². The molecule has 1 saturated carbocycles. The van der Waals surface area contributed by atoms with Gasteiger partial charge < -0.3 is 10.2 Å². The minimum atomic E-state index is 0.516. The Hall–Kier alpha value is -0.0800. The maximum Gasteiger partial charge on any atom is 0.0195 e. The van der Waals surface area contributed by atoms with Gasteiger partial charge in [0.1, 0.15) is 0 Å². The summed E-state index contributed by atoms with van der Waals surface area (Å²) in [5, 5.41) is 3.67. The molecular weight excluding hydrogens is 256 g/mol. The highest BCUT2D eigenvalue weighted by Crippen LogP contribution is 2.39. The van der Waals surface area contributed by atoms with Crippen molar-refractivity contribution in [3.8, 4) is 0 Å². The molecule has 1 N–H and O–H groups in total. The Labute approximate surface area is 133 Å². The first-order valence-electron chi connectivity index (χ1n) is 9.44. The van der Waals surface area contributed by atoms with E-state index in [9.17, 15) is 0 Å². The van der Waals surface area contributed by atoms with E-state index in [1.165, 1.54) is 71.1 Å². The van der Waals surface area contributed by atoms with Crippen LogP contribution in [0, 0.1) is 17.3 Å². The fraction of sp³-hybridized carbons (Fsp3) is 1.00. The monoisotopic (exact) mass is 294 g/mol. The molecule has 0 bridgehead atoms. The van der Waals surface area contributed by atoms with Gasteiger partial charge in [0.25, 0.3) is 0 Å². The van der Waals surface area contributed by atoms with Gasteiger partial charge in [0.05, 0.1) is 0 Å². The van der Waals surface area contributed by atoms with Crippen molar-refractivity contribution in [3.63, 3.8) is 0 Å². The van der Waals surface area contributed by atoms with E-state index in [1.807, 2.05) is 0 Å². The van der Waals surface area contributed by atoms with Crippen LogP contribution >= 0.6 is 0 Å². The molecule has 0 amide bonds. The Morgan fingerprint density at radius 1 is 1.00 bits per heavy atom. The molecule has 0 spiro atoms. The first-order chi connectivity index (χ1) is 9.99. The second-order valence-electron chi connectivity index (χ2n) is 8.64. The highest BCUT2D eigenvalue weighted by atomic mass is 15.2. The van der Waals surface area contributed by atoms with Crippen LogP contribution in [0.5, 0.6) is 0 Å². The standard InChI is InChI=1S/C19H38N2/c1-5-13-21(15-18-7-6-12-20-18)14-16-8-10-17(11-9-16)19(2,3)4/h16-18,20H,5-15H2,1-4H3. The molecule has 1 atom stereocenters. The van der Waals surface area contributed by atoms with Gasteiger partial charge in [-0.15, -0.1) is 0 Å². The minimum absolute atomic E-state index is 0.516. The second kappa shape index (κ2) is 7.97. The average Bonchev–Trinajstić information content (AvgIpc) is 2.91.